The van der Waals surface area contributed by atoms with E-state index in [0.29, 0.717) is 11.6 Å². The molecule has 0 aromatic heterocycles. The highest BCUT2D eigenvalue weighted by atomic mass is 15.2. The molecule has 0 aliphatic heterocycles. The Balaban J connectivity index is 2.21. The Bertz CT molecular complexity index is 268. The van der Waals surface area contributed by atoms with Crippen LogP contribution in [0.3, 0.4) is 0 Å². The Labute approximate surface area is 120 Å². The molecule has 0 spiro atoms. The van der Waals surface area contributed by atoms with Crippen molar-refractivity contribution < 1.29 is 0 Å². The Hall–Kier alpha value is -0.0800. The molecule has 19 heavy (non-hydrogen) atoms. The zero-order chi connectivity index (χ0) is 13.9. The zero-order valence-electron chi connectivity index (χ0n) is 13.5. The van der Waals surface area contributed by atoms with Gasteiger partial charge in [-0.15, -0.1) is 0 Å². The third-order valence-corrected chi connectivity index (χ3v) is 6.17. The van der Waals surface area contributed by atoms with Crippen LogP contribution in [0.4, 0.5) is 0 Å². The minimum atomic E-state index is 0.421. The van der Waals surface area contributed by atoms with Crippen molar-refractivity contribution in [2.45, 2.75) is 76.3 Å². The average Bonchev–Trinajstić information content (AvgIpc) is 2.91. The van der Waals surface area contributed by atoms with Crippen LogP contribution in [0.2, 0.25) is 0 Å². The largest absolute Gasteiger partial charge is 0.315 e. The molecule has 0 radical (unpaired) electrons. The molecule has 2 fully saturated rings. The van der Waals surface area contributed by atoms with Crippen molar-refractivity contribution in [3.05, 3.63) is 0 Å². The van der Waals surface area contributed by atoms with Gasteiger partial charge in [0.15, 0.2) is 0 Å². The van der Waals surface area contributed by atoms with Gasteiger partial charge in [0.25, 0.3) is 0 Å². The molecule has 3 atom stereocenters. The summed E-state index contributed by atoms with van der Waals surface area (Å²) in [6.45, 7) is 2.40. The van der Waals surface area contributed by atoms with E-state index in [1.54, 1.807) is 0 Å². The van der Waals surface area contributed by atoms with Gasteiger partial charge in [-0.05, 0) is 52.2 Å². The van der Waals surface area contributed by atoms with Crippen molar-refractivity contribution in [2.75, 3.05) is 21.1 Å². The fraction of sp³-hybridized carbons (Fsp3) is 1.00. The highest BCUT2D eigenvalue weighted by Crippen LogP contribution is 2.44. The summed E-state index contributed by atoms with van der Waals surface area (Å²) < 4.78 is 0. The average molecular weight is 266 g/mol. The molecule has 3 unspecified atom stereocenters. The Morgan fingerprint density at radius 2 is 1.74 bits per heavy atom. The molecular weight excluding hydrogens is 232 g/mol. The van der Waals surface area contributed by atoms with Crippen LogP contribution in [0.5, 0.6) is 0 Å². The van der Waals surface area contributed by atoms with Crippen LogP contribution in [-0.4, -0.2) is 37.6 Å². The molecule has 0 aromatic rings. The SMILES string of the molecule is CCC1CCCCC1C(NC)C1(N(C)C)CCCC1. The topological polar surface area (TPSA) is 15.3 Å². The predicted octanol–water partition coefficient (Wildman–Crippen LogP) is 3.67. The fourth-order valence-electron chi connectivity index (χ4n) is 5.09. The molecule has 2 rings (SSSR count). The van der Waals surface area contributed by atoms with Gasteiger partial charge >= 0.3 is 0 Å². The molecule has 0 amide bonds. The van der Waals surface area contributed by atoms with Crippen molar-refractivity contribution in [2.24, 2.45) is 11.8 Å². The first-order valence-electron chi connectivity index (χ1n) is 8.50. The number of hydrogen-bond acceptors (Lipinski definition) is 2. The van der Waals surface area contributed by atoms with E-state index in [1.165, 1.54) is 57.8 Å². The van der Waals surface area contributed by atoms with Gasteiger partial charge in [0.2, 0.25) is 0 Å². The molecule has 2 aliphatic carbocycles. The third-order valence-electron chi connectivity index (χ3n) is 6.17. The quantitative estimate of drug-likeness (QED) is 0.817. The van der Waals surface area contributed by atoms with E-state index in [4.69, 9.17) is 0 Å². The van der Waals surface area contributed by atoms with Crippen LogP contribution < -0.4 is 5.32 Å². The van der Waals surface area contributed by atoms with Crippen LogP contribution in [0.25, 0.3) is 0 Å². The van der Waals surface area contributed by atoms with E-state index in [0.717, 1.165) is 11.8 Å². The lowest BCUT2D eigenvalue weighted by molar-refractivity contribution is 0.0416. The molecule has 0 bridgehead atoms. The van der Waals surface area contributed by atoms with Gasteiger partial charge in [0.05, 0.1) is 0 Å². The molecule has 2 nitrogen and oxygen atoms in total. The second-order valence-corrected chi connectivity index (χ2v) is 7.09. The summed E-state index contributed by atoms with van der Waals surface area (Å²) in [4.78, 5) is 2.54. The van der Waals surface area contributed by atoms with Gasteiger partial charge in [0, 0.05) is 11.6 Å². The van der Waals surface area contributed by atoms with Crippen molar-refractivity contribution in [1.82, 2.24) is 10.2 Å². The Morgan fingerprint density at radius 1 is 1.11 bits per heavy atom. The number of hydrogen-bond donors (Lipinski definition) is 1. The summed E-state index contributed by atoms with van der Waals surface area (Å²) in [6.07, 6.45) is 12.8. The third kappa shape index (κ3) is 2.85. The van der Waals surface area contributed by atoms with Crippen molar-refractivity contribution in [3.8, 4) is 0 Å². The molecule has 0 aromatic carbocycles. The summed E-state index contributed by atoms with van der Waals surface area (Å²) in [5.74, 6) is 1.84. The van der Waals surface area contributed by atoms with E-state index in [-0.39, 0.29) is 0 Å². The molecule has 1 N–H and O–H groups in total. The standard InChI is InChI=1S/C17H34N2/c1-5-14-10-6-7-11-15(14)16(18-2)17(19(3)4)12-8-9-13-17/h14-16,18H,5-13H2,1-4H3. The second kappa shape index (κ2) is 6.58. The van der Waals surface area contributed by atoms with E-state index in [2.05, 4.69) is 38.3 Å². The van der Waals surface area contributed by atoms with Crippen molar-refractivity contribution in [1.29, 1.82) is 0 Å². The van der Waals surface area contributed by atoms with Crippen LogP contribution in [0.1, 0.15) is 64.7 Å². The molecule has 2 saturated carbocycles. The second-order valence-electron chi connectivity index (χ2n) is 7.09. The van der Waals surface area contributed by atoms with Crippen LogP contribution >= 0.6 is 0 Å². The summed E-state index contributed by atoms with van der Waals surface area (Å²) in [6, 6.07) is 0.690. The summed E-state index contributed by atoms with van der Waals surface area (Å²) in [5, 5.41) is 3.76. The monoisotopic (exact) mass is 266 g/mol. The first kappa shape index (κ1) is 15.3. The number of rotatable bonds is 5. The van der Waals surface area contributed by atoms with Gasteiger partial charge in [-0.2, -0.15) is 0 Å². The molecule has 112 valence electrons. The number of nitrogens with one attached hydrogen (secondary N) is 1. The normalized spacial score (nSPS) is 32.7. The van der Waals surface area contributed by atoms with Crippen LogP contribution in [0, 0.1) is 11.8 Å². The molecule has 2 heteroatoms. The van der Waals surface area contributed by atoms with Crippen LogP contribution in [-0.2, 0) is 0 Å². The molecule has 0 heterocycles. The molecule has 0 saturated heterocycles. The van der Waals surface area contributed by atoms with Crippen LogP contribution in [0.15, 0.2) is 0 Å². The first-order chi connectivity index (χ1) is 9.15. The molecule has 2 aliphatic rings. The fourth-order valence-corrected chi connectivity index (χ4v) is 5.09. The summed E-state index contributed by atoms with van der Waals surface area (Å²) in [5.41, 5.74) is 0.421. The maximum absolute atomic E-state index is 3.76. The number of likely N-dealkylation sites (N-methyl/N-ethyl adjacent to an activating group) is 2. The minimum Gasteiger partial charge on any atom is -0.315 e. The summed E-state index contributed by atoms with van der Waals surface area (Å²) >= 11 is 0. The van der Waals surface area contributed by atoms with Gasteiger partial charge in [0.1, 0.15) is 0 Å². The molecular formula is C17H34N2. The minimum absolute atomic E-state index is 0.421. The lowest BCUT2D eigenvalue weighted by Gasteiger charge is -2.49. The predicted molar refractivity (Wildman–Crippen MR) is 83.5 cm³/mol. The van der Waals surface area contributed by atoms with Gasteiger partial charge in [-0.1, -0.05) is 45.4 Å². The lowest BCUT2D eigenvalue weighted by atomic mass is 9.67. The Kier molecular flexibility index (Phi) is 5.30. The van der Waals surface area contributed by atoms with E-state index in [9.17, 15) is 0 Å². The van der Waals surface area contributed by atoms with E-state index < -0.39 is 0 Å². The van der Waals surface area contributed by atoms with Gasteiger partial charge < -0.3 is 10.2 Å². The van der Waals surface area contributed by atoms with Gasteiger partial charge in [-0.3, -0.25) is 0 Å². The first-order valence-corrected chi connectivity index (χ1v) is 8.50. The van der Waals surface area contributed by atoms with E-state index in [1.807, 2.05) is 0 Å². The zero-order valence-corrected chi connectivity index (χ0v) is 13.5. The Morgan fingerprint density at radius 3 is 2.26 bits per heavy atom. The maximum Gasteiger partial charge on any atom is 0.0359 e. The maximum atomic E-state index is 3.76. The highest BCUT2D eigenvalue weighted by molar-refractivity contribution is 5.05. The van der Waals surface area contributed by atoms with E-state index >= 15 is 0 Å². The lowest BCUT2D eigenvalue weighted by Crippen LogP contribution is -2.61. The van der Waals surface area contributed by atoms with Crippen molar-refractivity contribution >= 4 is 0 Å². The smallest absolute Gasteiger partial charge is 0.0359 e. The van der Waals surface area contributed by atoms with Gasteiger partial charge in [-0.25, -0.2) is 0 Å². The highest BCUT2D eigenvalue weighted by Gasteiger charge is 2.47. The van der Waals surface area contributed by atoms with Crippen molar-refractivity contribution in [3.63, 3.8) is 0 Å². The number of nitrogens with zero attached hydrogens (tertiary/aromatic N) is 1. The summed E-state index contributed by atoms with van der Waals surface area (Å²) in [7, 11) is 6.81.